The molecule has 0 spiro atoms. The summed E-state index contributed by atoms with van der Waals surface area (Å²) in [6, 6.07) is 5.00. The molecule has 6 nitrogen and oxygen atoms in total. The molecule has 1 aromatic rings. The quantitative estimate of drug-likeness (QED) is 0.817. The SMILES string of the molecule is O=C(C1CCCO1)N1CCCN(S(=O)(=O)c2cccc(F)c2)CC1. The molecule has 0 aliphatic carbocycles. The molecule has 2 fully saturated rings. The molecule has 0 aromatic heterocycles. The molecule has 2 aliphatic heterocycles. The topological polar surface area (TPSA) is 66.9 Å². The molecule has 2 aliphatic rings. The largest absolute Gasteiger partial charge is 0.368 e. The fourth-order valence-electron chi connectivity index (χ4n) is 3.11. The van der Waals surface area contributed by atoms with Crippen molar-refractivity contribution in [3.8, 4) is 0 Å². The van der Waals surface area contributed by atoms with E-state index in [0.717, 1.165) is 18.9 Å². The van der Waals surface area contributed by atoms with Crippen molar-refractivity contribution >= 4 is 15.9 Å². The Balaban J connectivity index is 1.69. The predicted octanol–water partition coefficient (Wildman–Crippen LogP) is 1.23. The summed E-state index contributed by atoms with van der Waals surface area (Å²) in [5.74, 6) is -0.640. The lowest BCUT2D eigenvalue weighted by Gasteiger charge is -2.24. The molecule has 0 saturated carbocycles. The van der Waals surface area contributed by atoms with Gasteiger partial charge in [-0.05, 0) is 37.5 Å². The van der Waals surface area contributed by atoms with Crippen molar-refractivity contribution in [1.82, 2.24) is 9.21 Å². The normalized spacial score (nSPS) is 23.2. The van der Waals surface area contributed by atoms with Crippen LogP contribution in [0.4, 0.5) is 4.39 Å². The highest BCUT2D eigenvalue weighted by Crippen LogP contribution is 2.20. The number of amides is 1. The number of hydrogen-bond acceptors (Lipinski definition) is 4. The molecule has 1 aromatic carbocycles. The van der Waals surface area contributed by atoms with Gasteiger partial charge in [-0.25, -0.2) is 12.8 Å². The summed E-state index contributed by atoms with van der Waals surface area (Å²) in [5, 5.41) is 0. The molecule has 24 heavy (non-hydrogen) atoms. The van der Waals surface area contributed by atoms with Gasteiger partial charge in [-0.3, -0.25) is 4.79 Å². The molecule has 2 heterocycles. The maximum absolute atomic E-state index is 13.3. The van der Waals surface area contributed by atoms with Crippen molar-refractivity contribution in [3.05, 3.63) is 30.1 Å². The first-order chi connectivity index (χ1) is 11.5. The van der Waals surface area contributed by atoms with Gasteiger partial charge < -0.3 is 9.64 Å². The highest BCUT2D eigenvalue weighted by atomic mass is 32.2. The van der Waals surface area contributed by atoms with Crippen molar-refractivity contribution in [2.24, 2.45) is 0 Å². The molecule has 0 bridgehead atoms. The van der Waals surface area contributed by atoms with Gasteiger partial charge in [0, 0.05) is 32.8 Å². The van der Waals surface area contributed by atoms with E-state index in [4.69, 9.17) is 4.74 Å². The van der Waals surface area contributed by atoms with Crippen molar-refractivity contribution < 1.29 is 22.3 Å². The predicted molar refractivity (Wildman–Crippen MR) is 85.3 cm³/mol. The molecule has 3 rings (SSSR count). The Bertz CT molecular complexity index is 704. The third kappa shape index (κ3) is 3.60. The van der Waals surface area contributed by atoms with Gasteiger partial charge in [0.25, 0.3) is 5.91 Å². The smallest absolute Gasteiger partial charge is 0.251 e. The summed E-state index contributed by atoms with van der Waals surface area (Å²) in [4.78, 5) is 14.0. The Morgan fingerprint density at radius 1 is 1.17 bits per heavy atom. The zero-order chi connectivity index (χ0) is 17.2. The van der Waals surface area contributed by atoms with Crippen LogP contribution in [-0.4, -0.2) is 62.4 Å². The Labute approximate surface area is 141 Å². The van der Waals surface area contributed by atoms with E-state index >= 15 is 0 Å². The second kappa shape index (κ2) is 7.16. The van der Waals surface area contributed by atoms with Crippen LogP contribution in [0, 0.1) is 5.82 Å². The lowest BCUT2D eigenvalue weighted by molar-refractivity contribution is -0.140. The number of ether oxygens (including phenoxy) is 1. The summed E-state index contributed by atoms with van der Waals surface area (Å²) in [6.45, 7) is 1.96. The van der Waals surface area contributed by atoms with E-state index in [9.17, 15) is 17.6 Å². The number of carbonyl (C=O) groups excluding carboxylic acids is 1. The van der Waals surface area contributed by atoms with Gasteiger partial charge in [0.2, 0.25) is 10.0 Å². The van der Waals surface area contributed by atoms with Crippen molar-refractivity contribution in [3.63, 3.8) is 0 Å². The van der Waals surface area contributed by atoms with Gasteiger partial charge in [0.1, 0.15) is 11.9 Å². The van der Waals surface area contributed by atoms with Gasteiger partial charge in [-0.15, -0.1) is 0 Å². The monoisotopic (exact) mass is 356 g/mol. The van der Waals surface area contributed by atoms with Crippen LogP contribution in [0.25, 0.3) is 0 Å². The molecule has 2 saturated heterocycles. The van der Waals surface area contributed by atoms with Crippen LogP contribution in [0.2, 0.25) is 0 Å². The first kappa shape index (κ1) is 17.3. The van der Waals surface area contributed by atoms with Crippen LogP contribution in [-0.2, 0) is 19.6 Å². The van der Waals surface area contributed by atoms with Gasteiger partial charge in [-0.2, -0.15) is 4.31 Å². The second-order valence-electron chi connectivity index (χ2n) is 6.04. The number of rotatable bonds is 3. The van der Waals surface area contributed by atoms with Crippen LogP contribution < -0.4 is 0 Å². The summed E-state index contributed by atoms with van der Waals surface area (Å²) in [6.07, 6.45) is 1.76. The molecule has 0 radical (unpaired) electrons. The number of sulfonamides is 1. The maximum Gasteiger partial charge on any atom is 0.251 e. The van der Waals surface area contributed by atoms with E-state index in [1.54, 1.807) is 4.90 Å². The van der Waals surface area contributed by atoms with Crippen LogP contribution in [0.3, 0.4) is 0 Å². The Morgan fingerprint density at radius 2 is 2.00 bits per heavy atom. The van der Waals surface area contributed by atoms with Crippen LogP contribution in [0.5, 0.6) is 0 Å². The molecule has 0 N–H and O–H groups in total. The first-order valence-electron chi connectivity index (χ1n) is 8.14. The lowest BCUT2D eigenvalue weighted by atomic mass is 10.2. The Kier molecular flexibility index (Phi) is 5.17. The van der Waals surface area contributed by atoms with Crippen molar-refractivity contribution in [2.45, 2.75) is 30.3 Å². The highest BCUT2D eigenvalue weighted by Gasteiger charge is 2.32. The standard InChI is InChI=1S/C16H21FN2O4S/c17-13-4-1-5-14(12-13)24(21,22)19-8-3-7-18(9-10-19)16(20)15-6-2-11-23-15/h1,4-5,12,15H,2-3,6-11H2. The fraction of sp³-hybridized carbons (Fsp3) is 0.562. The minimum absolute atomic E-state index is 0.0543. The van der Waals surface area contributed by atoms with E-state index in [0.29, 0.717) is 32.7 Å². The van der Waals surface area contributed by atoms with Crippen LogP contribution >= 0.6 is 0 Å². The van der Waals surface area contributed by atoms with Crippen LogP contribution in [0.1, 0.15) is 19.3 Å². The van der Waals surface area contributed by atoms with Crippen molar-refractivity contribution in [1.29, 1.82) is 0 Å². The average molecular weight is 356 g/mol. The summed E-state index contributed by atoms with van der Waals surface area (Å²) in [7, 11) is -3.75. The van der Waals surface area contributed by atoms with Crippen LogP contribution in [0.15, 0.2) is 29.2 Å². The van der Waals surface area contributed by atoms with E-state index in [1.165, 1.54) is 22.5 Å². The number of carbonyl (C=O) groups is 1. The van der Waals surface area contributed by atoms with E-state index in [-0.39, 0.29) is 17.3 Å². The number of halogens is 1. The van der Waals surface area contributed by atoms with Crippen molar-refractivity contribution in [2.75, 3.05) is 32.8 Å². The minimum atomic E-state index is -3.75. The third-order valence-electron chi connectivity index (χ3n) is 4.41. The zero-order valence-electron chi connectivity index (χ0n) is 13.4. The van der Waals surface area contributed by atoms with Gasteiger partial charge in [-0.1, -0.05) is 6.07 Å². The van der Waals surface area contributed by atoms with Gasteiger partial charge in [0.15, 0.2) is 0 Å². The molecule has 8 heteroatoms. The highest BCUT2D eigenvalue weighted by molar-refractivity contribution is 7.89. The van der Waals surface area contributed by atoms with Gasteiger partial charge >= 0.3 is 0 Å². The average Bonchev–Trinajstić information content (AvgIpc) is 2.98. The maximum atomic E-state index is 13.3. The number of benzene rings is 1. The molecule has 1 amide bonds. The minimum Gasteiger partial charge on any atom is -0.368 e. The van der Waals surface area contributed by atoms with E-state index in [1.807, 2.05) is 0 Å². The van der Waals surface area contributed by atoms with E-state index in [2.05, 4.69) is 0 Å². The fourth-order valence-corrected chi connectivity index (χ4v) is 4.61. The van der Waals surface area contributed by atoms with E-state index < -0.39 is 21.9 Å². The lowest BCUT2D eigenvalue weighted by Crippen LogP contribution is -2.41. The summed E-state index contributed by atoms with van der Waals surface area (Å²) in [5.41, 5.74) is 0. The molecular weight excluding hydrogens is 335 g/mol. The third-order valence-corrected chi connectivity index (χ3v) is 6.30. The molecule has 1 unspecified atom stereocenters. The number of hydrogen-bond donors (Lipinski definition) is 0. The molecule has 132 valence electrons. The summed E-state index contributed by atoms with van der Waals surface area (Å²) >= 11 is 0. The first-order valence-corrected chi connectivity index (χ1v) is 9.58. The second-order valence-corrected chi connectivity index (χ2v) is 7.98. The molecular formula is C16H21FN2O4S. The summed E-state index contributed by atoms with van der Waals surface area (Å²) < 4.78 is 45.4. The molecule has 1 atom stereocenters. The number of nitrogens with zero attached hydrogens (tertiary/aromatic N) is 2. The Morgan fingerprint density at radius 3 is 2.71 bits per heavy atom. The van der Waals surface area contributed by atoms with Gasteiger partial charge in [0.05, 0.1) is 4.90 Å². The Hall–Kier alpha value is -1.51. The zero-order valence-corrected chi connectivity index (χ0v) is 14.2.